The summed E-state index contributed by atoms with van der Waals surface area (Å²) in [5.74, 6) is -1.38. The van der Waals surface area contributed by atoms with Crippen molar-refractivity contribution in [3.63, 3.8) is 0 Å². The summed E-state index contributed by atoms with van der Waals surface area (Å²) < 4.78 is 5.39. The summed E-state index contributed by atoms with van der Waals surface area (Å²) in [5, 5.41) is 5.66. The van der Waals surface area contributed by atoms with Crippen molar-refractivity contribution in [2.75, 3.05) is 6.54 Å². The second-order valence-electron chi connectivity index (χ2n) is 11.6. The fraction of sp³-hybridized carbons (Fsp3) is 0.667. The highest BCUT2D eigenvalue weighted by Gasteiger charge is 2.43. The van der Waals surface area contributed by atoms with Crippen molar-refractivity contribution in [1.82, 2.24) is 15.5 Å². The number of nitrogens with two attached hydrogens (primary N) is 1. The Labute approximate surface area is 234 Å². The zero-order valence-corrected chi connectivity index (χ0v) is 25.2. The molecule has 0 bridgehead atoms. The first-order chi connectivity index (χ1) is 18.2. The van der Waals surface area contributed by atoms with Crippen LogP contribution in [-0.4, -0.2) is 52.4 Å². The average Bonchev–Trinajstić information content (AvgIpc) is 2.85. The van der Waals surface area contributed by atoms with Crippen LogP contribution >= 0.6 is 0 Å². The Morgan fingerprint density at radius 1 is 0.974 bits per heavy atom. The number of alkyl carbamates (subject to hydrolysis) is 1. The molecular formula is C30H50N4O5. The molecule has 39 heavy (non-hydrogen) atoms. The average molecular weight is 547 g/mol. The van der Waals surface area contributed by atoms with Crippen LogP contribution in [-0.2, 0) is 25.5 Å². The number of carbonyl (C=O) groups is 4. The highest BCUT2D eigenvalue weighted by molar-refractivity contribution is 5.93. The zero-order valence-electron chi connectivity index (χ0n) is 25.2. The summed E-state index contributed by atoms with van der Waals surface area (Å²) in [7, 11) is 0. The van der Waals surface area contributed by atoms with E-state index >= 15 is 0 Å². The lowest BCUT2D eigenvalue weighted by Crippen LogP contribution is -2.59. The highest BCUT2D eigenvalue weighted by Crippen LogP contribution is 2.33. The van der Waals surface area contributed by atoms with Gasteiger partial charge < -0.3 is 26.0 Å². The molecule has 9 nitrogen and oxygen atoms in total. The number of unbranched alkanes of at least 4 members (excludes halogenated alkanes) is 2. The largest absolute Gasteiger partial charge is 0.444 e. The van der Waals surface area contributed by atoms with Crippen LogP contribution in [0.1, 0.15) is 111 Å². The molecule has 0 spiro atoms. The van der Waals surface area contributed by atoms with E-state index in [2.05, 4.69) is 24.5 Å². The Hall–Kier alpha value is -3.10. The van der Waals surface area contributed by atoms with Crippen LogP contribution in [0.3, 0.4) is 0 Å². The summed E-state index contributed by atoms with van der Waals surface area (Å²) in [6, 6.07) is 5.59. The van der Waals surface area contributed by atoms with Gasteiger partial charge in [-0.25, -0.2) is 4.79 Å². The highest BCUT2D eigenvalue weighted by atomic mass is 16.6. The summed E-state index contributed by atoms with van der Waals surface area (Å²) in [6.45, 7) is 15.5. The van der Waals surface area contributed by atoms with Crippen molar-refractivity contribution in [2.24, 2.45) is 5.73 Å². The van der Waals surface area contributed by atoms with E-state index in [-0.39, 0.29) is 18.7 Å². The Bertz CT molecular complexity index is 953. The molecule has 1 aromatic carbocycles. The molecule has 0 saturated carbocycles. The minimum absolute atomic E-state index is 0.0245. The maximum Gasteiger partial charge on any atom is 0.408 e. The number of benzene rings is 1. The van der Waals surface area contributed by atoms with Gasteiger partial charge in [-0.1, -0.05) is 57.9 Å². The van der Waals surface area contributed by atoms with E-state index in [4.69, 9.17) is 10.5 Å². The number of hydrogen-bond donors (Lipinski definition) is 3. The van der Waals surface area contributed by atoms with Crippen LogP contribution in [0.25, 0.3) is 0 Å². The third-order valence-electron chi connectivity index (χ3n) is 6.71. The van der Waals surface area contributed by atoms with Gasteiger partial charge in [-0.3, -0.25) is 14.4 Å². The van der Waals surface area contributed by atoms with E-state index in [1.165, 1.54) is 0 Å². The van der Waals surface area contributed by atoms with Crippen molar-refractivity contribution in [1.29, 1.82) is 0 Å². The van der Waals surface area contributed by atoms with E-state index in [9.17, 15) is 19.2 Å². The first kappa shape index (κ1) is 33.9. The topological polar surface area (TPSA) is 131 Å². The molecule has 0 fully saturated rings. The van der Waals surface area contributed by atoms with Gasteiger partial charge in [0.25, 0.3) is 0 Å². The molecule has 2 unspecified atom stereocenters. The van der Waals surface area contributed by atoms with Crippen LogP contribution in [0.4, 0.5) is 4.79 Å². The van der Waals surface area contributed by atoms with Crippen LogP contribution in [0.2, 0.25) is 0 Å². The Balaban J connectivity index is 3.59. The van der Waals surface area contributed by atoms with Crippen molar-refractivity contribution in [3.8, 4) is 0 Å². The fourth-order valence-electron chi connectivity index (χ4n) is 4.14. The lowest BCUT2D eigenvalue weighted by molar-refractivity contribution is -0.149. The van der Waals surface area contributed by atoms with Gasteiger partial charge in [-0.05, 0) is 71.4 Å². The molecule has 4 amide bonds. The number of carbonyl (C=O) groups excluding carboxylic acids is 4. The first-order valence-corrected chi connectivity index (χ1v) is 14.1. The molecular weight excluding hydrogens is 496 g/mol. The predicted molar refractivity (Wildman–Crippen MR) is 154 cm³/mol. The normalized spacial score (nSPS) is 13.2. The van der Waals surface area contributed by atoms with Gasteiger partial charge in [0.15, 0.2) is 0 Å². The van der Waals surface area contributed by atoms with Gasteiger partial charge in [-0.2, -0.15) is 0 Å². The molecule has 1 aromatic rings. The number of nitrogens with zero attached hydrogens (tertiary/aromatic N) is 1. The molecule has 220 valence electrons. The first-order valence-electron chi connectivity index (χ1n) is 14.1. The van der Waals surface area contributed by atoms with Crippen LogP contribution < -0.4 is 16.4 Å². The number of aryl methyl sites for hydroxylation is 1. The van der Waals surface area contributed by atoms with Crippen molar-refractivity contribution >= 4 is 23.8 Å². The second kappa shape index (κ2) is 15.5. The molecule has 0 aromatic heterocycles. The van der Waals surface area contributed by atoms with E-state index in [0.717, 1.165) is 31.2 Å². The minimum Gasteiger partial charge on any atom is -0.444 e. The second-order valence-corrected chi connectivity index (χ2v) is 11.6. The number of hydrogen-bond acceptors (Lipinski definition) is 5. The maximum absolute atomic E-state index is 14.3. The molecule has 4 N–H and O–H groups in total. The number of ether oxygens (including phenoxy) is 1. The van der Waals surface area contributed by atoms with Gasteiger partial charge >= 0.3 is 6.09 Å². The third kappa shape index (κ3) is 11.3. The molecule has 0 aliphatic heterocycles. The predicted octanol–water partition coefficient (Wildman–Crippen LogP) is 4.77. The van der Waals surface area contributed by atoms with Crippen LogP contribution in [0, 0.1) is 0 Å². The van der Waals surface area contributed by atoms with Gasteiger partial charge in [-0.15, -0.1) is 0 Å². The van der Waals surface area contributed by atoms with Gasteiger partial charge in [0, 0.05) is 18.5 Å². The molecule has 0 aliphatic rings. The summed E-state index contributed by atoms with van der Waals surface area (Å²) in [5.41, 5.74) is 5.62. The van der Waals surface area contributed by atoms with E-state index in [0.29, 0.717) is 18.5 Å². The Morgan fingerprint density at radius 3 is 2.08 bits per heavy atom. The molecule has 0 radical (unpaired) electrons. The third-order valence-corrected chi connectivity index (χ3v) is 6.71. The zero-order chi connectivity index (χ0) is 29.8. The Kier molecular flexibility index (Phi) is 13.5. The smallest absolute Gasteiger partial charge is 0.408 e. The number of rotatable bonds is 15. The maximum atomic E-state index is 14.3. The molecule has 9 heteroatoms. The molecule has 0 aliphatic carbocycles. The van der Waals surface area contributed by atoms with Crippen molar-refractivity contribution < 1.29 is 23.9 Å². The van der Waals surface area contributed by atoms with E-state index in [1.807, 2.05) is 45.0 Å². The fourth-order valence-corrected chi connectivity index (χ4v) is 4.14. The summed E-state index contributed by atoms with van der Waals surface area (Å²) >= 11 is 0. The molecule has 0 heterocycles. The lowest BCUT2D eigenvalue weighted by atomic mass is 9.91. The standard InChI is InChI=1S/C30H50N4O5/c1-9-12-13-20-32-26(36)25(22-16-14-21(10-2)15-17-22)34(30(7,8)11-3)27(37)23(18-19-24(31)35)33-28(38)39-29(4,5)6/h14-17,23,25H,9-13,18-20H2,1-8H3,(H2,31,35)(H,32,36)(H,33,38). The molecule has 0 saturated heterocycles. The monoisotopic (exact) mass is 546 g/mol. The number of nitrogens with one attached hydrogen (secondary N) is 2. The van der Waals surface area contributed by atoms with E-state index < -0.39 is 41.1 Å². The Morgan fingerprint density at radius 2 is 1.59 bits per heavy atom. The lowest BCUT2D eigenvalue weighted by Gasteiger charge is -2.44. The minimum atomic E-state index is -1.12. The number of amides is 4. The van der Waals surface area contributed by atoms with Gasteiger partial charge in [0.05, 0.1) is 0 Å². The van der Waals surface area contributed by atoms with Crippen LogP contribution in [0.15, 0.2) is 24.3 Å². The van der Waals surface area contributed by atoms with Crippen LogP contribution in [0.5, 0.6) is 0 Å². The molecule has 1 rings (SSSR count). The van der Waals surface area contributed by atoms with Gasteiger partial charge in [0.1, 0.15) is 17.7 Å². The van der Waals surface area contributed by atoms with Gasteiger partial charge in [0.2, 0.25) is 17.7 Å². The van der Waals surface area contributed by atoms with Crippen molar-refractivity contribution in [3.05, 3.63) is 35.4 Å². The quantitative estimate of drug-likeness (QED) is 0.273. The molecule has 2 atom stereocenters. The summed E-state index contributed by atoms with van der Waals surface area (Å²) in [4.78, 5) is 54.0. The summed E-state index contributed by atoms with van der Waals surface area (Å²) in [6.07, 6.45) is 3.28. The SMILES string of the molecule is CCCCCNC(=O)C(c1ccc(CC)cc1)N(C(=O)C(CCC(N)=O)NC(=O)OC(C)(C)C)C(C)(C)CC. The number of primary amides is 1. The van der Waals surface area contributed by atoms with Crippen molar-refractivity contribution in [2.45, 2.75) is 124 Å². The van der Waals surface area contributed by atoms with E-state index in [1.54, 1.807) is 25.7 Å².